The molecule has 0 aromatic heterocycles. The molecule has 2 aromatic rings. The first-order valence-corrected chi connectivity index (χ1v) is 8.43. The minimum absolute atomic E-state index is 0.109. The van der Waals surface area contributed by atoms with E-state index in [9.17, 15) is 14.9 Å². The van der Waals surface area contributed by atoms with Crippen molar-refractivity contribution < 1.29 is 19.1 Å². The first-order valence-electron chi connectivity index (χ1n) is 8.43. The van der Waals surface area contributed by atoms with E-state index in [1.807, 2.05) is 19.1 Å². The number of methoxy groups -OCH3 is 1. The number of amides is 1. The third kappa shape index (κ3) is 5.19. The molecule has 2 rings (SSSR count). The zero-order valence-corrected chi connectivity index (χ0v) is 15.2. The van der Waals surface area contributed by atoms with E-state index in [1.165, 1.54) is 19.3 Å². The highest BCUT2D eigenvalue weighted by molar-refractivity contribution is 6.12. The van der Waals surface area contributed by atoms with Crippen LogP contribution in [0.1, 0.15) is 29.3 Å². The summed E-state index contributed by atoms with van der Waals surface area (Å²) in [5, 5.41) is 12.0. The van der Waals surface area contributed by atoms with Crippen LogP contribution in [0.25, 0.3) is 6.08 Å². The Morgan fingerprint density at radius 1 is 1.15 bits per heavy atom. The van der Waals surface area contributed by atoms with Gasteiger partial charge in [0.15, 0.2) is 0 Å². The van der Waals surface area contributed by atoms with Crippen LogP contribution in [-0.2, 0) is 9.53 Å². The Bertz CT molecular complexity index is 897. The molecule has 0 spiro atoms. The van der Waals surface area contributed by atoms with Crippen LogP contribution >= 0.6 is 0 Å². The second-order valence-electron chi connectivity index (χ2n) is 5.55. The number of hydrogen-bond acceptors (Lipinski definition) is 5. The molecule has 0 aliphatic heterocycles. The number of rotatable bonds is 7. The van der Waals surface area contributed by atoms with Crippen LogP contribution in [-0.4, -0.2) is 25.6 Å². The number of hydrogen-bond donors (Lipinski definition) is 1. The Balaban J connectivity index is 2.29. The highest BCUT2D eigenvalue weighted by Gasteiger charge is 2.16. The Hall–Kier alpha value is -3.59. The van der Waals surface area contributed by atoms with Crippen molar-refractivity contribution in [3.63, 3.8) is 0 Å². The second-order valence-corrected chi connectivity index (χ2v) is 5.55. The highest BCUT2D eigenvalue weighted by atomic mass is 16.5. The van der Waals surface area contributed by atoms with E-state index >= 15 is 0 Å². The van der Waals surface area contributed by atoms with Gasteiger partial charge in [0.05, 0.1) is 25.0 Å². The molecular formula is C21H20N2O4. The van der Waals surface area contributed by atoms with Crippen LogP contribution in [0.3, 0.4) is 0 Å². The molecule has 0 fully saturated rings. The molecule has 0 saturated carbocycles. The largest absolute Gasteiger partial charge is 0.493 e. The van der Waals surface area contributed by atoms with Gasteiger partial charge in [0.2, 0.25) is 0 Å². The van der Waals surface area contributed by atoms with E-state index in [2.05, 4.69) is 5.32 Å². The van der Waals surface area contributed by atoms with E-state index in [1.54, 1.807) is 36.4 Å². The summed E-state index contributed by atoms with van der Waals surface area (Å²) >= 11 is 0. The van der Waals surface area contributed by atoms with Gasteiger partial charge in [-0.2, -0.15) is 5.26 Å². The van der Waals surface area contributed by atoms with Gasteiger partial charge in [-0.1, -0.05) is 37.3 Å². The maximum atomic E-state index is 12.5. The van der Waals surface area contributed by atoms with Crippen molar-refractivity contribution in [1.29, 1.82) is 5.26 Å². The van der Waals surface area contributed by atoms with E-state index in [0.29, 0.717) is 17.9 Å². The molecule has 0 heterocycles. The normalized spacial score (nSPS) is 10.6. The fourth-order valence-corrected chi connectivity index (χ4v) is 2.32. The Labute approximate surface area is 158 Å². The number of carbonyl (C=O) groups excluding carboxylic acids is 2. The standard InChI is InChI=1S/C21H20N2O4/c1-3-12-27-19-11-7-4-8-15(19)13-16(14-22)20(24)23-18-10-6-5-9-17(18)21(25)26-2/h4-11,13H,3,12H2,1-2H3,(H,23,24)/b16-13+. The molecule has 6 heteroatoms. The average molecular weight is 364 g/mol. The summed E-state index contributed by atoms with van der Waals surface area (Å²) in [5.74, 6) is -0.610. The quantitative estimate of drug-likeness (QED) is 0.458. The first-order chi connectivity index (χ1) is 13.1. The summed E-state index contributed by atoms with van der Waals surface area (Å²) in [6.45, 7) is 2.52. The average Bonchev–Trinajstić information content (AvgIpc) is 2.70. The van der Waals surface area contributed by atoms with Crippen molar-refractivity contribution >= 4 is 23.6 Å². The van der Waals surface area contributed by atoms with E-state index in [0.717, 1.165) is 6.42 Å². The summed E-state index contributed by atoms with van der Waals surface area (Å²) in [6, 6.07) is 15.5. The van der Waals surface area contributed by atoms with Gasteiger partial charge in [-0.3, -0.25) is 4.79 Å². The Morgan fingerprint density at radius 3 is 2.56 bits per heavy atom. The van der Waals surface area contributed by atoms with Crippen molar-refractivity contribution in [1.82, 2.24) is 0 Å². The molecule has 0 saturated heterocycles. The number of para-hydroxylation sites is 2. The molecule has 1 amide bonds. The Morgan fingerprint density at radius 2 is 1.85 bits per heavy atom. The van der Waals surface area contributed by atoms with Gasteiger partial charge in [0.25, 0.3) is 5.91 Å². The molecule has 0 bridgehead atoms. The van der Waals surface area contributed by atoms with Crippen LogP contribution in [0.5, 0.6) is 5.75 Å². The molecule has 138 valence electrons. The lowest BCUT2D eigenvalue weighted by Crippen LogP contribution is -2.16. The number of nitrogens with one attached hydrogen (secondary N) is 1. The maximum absolute atomic E-state index is 12.5. The Kier molecular flexibility index (Phi) is 7.15. The summed E-state index contributed by atoms with van der Waals surface area (Å²) in [4.78, 5) is 24.4. The van der Waals surface area contributed by atoms with Crippen LogP contribution in [0, 0.1) is 11.3 Å². The first kappa shape index (κ1) is 19.7. The van der Waals surface area contributed by atoms with Crippen LogP contribution in [0.2, 0.25) is 0 Å². The number of nitrogens with zero attached hydrogens (tertiary/aromatic N) is 1. The van der Waals surface area contributed by atoms with Gasteiger partial charge >= 0.3 is 5.97 Å². The van der Waals surface area contributed by atoms with Crippen molar-refractivity contribution in [3.8, 4) is 11.8 Å². The highest BCUT2D eigenvalue weighted by Crippen LogP contribution is 2.22. The van der Waals surface area contributed by atoms with Gasteiger partial charge in [-0.05, 0) is 30.7 Å². The summed E-state index contributed by atoms with van der Waals surface area (Å²) in [5.41, 5.74) is 0.990. The van der Waals surface area contributed by atoms with E-state index in [-0.39, 0.29) is 16.8 Å². The topological polar surface area (TPSA) is 88.4 Å². The lowest BCUT2D eigenvalue weighted by Gasteiger charge is -2.10. The van der Waals surface area contributed by atoms with Crippen LogP contribution in [0.4, 0.5) is 5.69 Å². The molecule has 0 radical (unpaired) electrons. The van der Waals surface area contributed by atoms with Crippen molar-refractivity contribution in [3.05, 3.63) is 65.2 Å². The fraction of sp³-hybridized carbons (Fsp3) is 0.190. The molecule has 6 nitrogen and oxygen atoms in total. The summed E-state index contributed by atoms with van der Waals surface area (Å²) in [6.07, 6.45) is 2.30. The number of esters is 1. The van der Waals surface area contributed by atoms with Crippen LogP contribution < -0.4 is 10.1 Å². The molecule has 2 aromatic carbocycles. The number of anilines is 1. The number of nitriles is 1. The number of ether oxygens (including phenoxy) is 2. The van der Waals surface area contributed by atoms with Gasteiger partial charge in [0, 0.05) is 5.56 Å². The van der Waals surface area contributed by atoms with Crippen molar-refractivity contribution in [2.24, 2.45) is 0 Å². The second kappa shape index (κ2) is 9.78. The van der Waals surface area contributed by atoms with Gasteiger partial charge in [0.1, 0.15) is 17.4 Å². The lowest BCUT2D eigenvalue weighted by atomic mass is 10.1. The molecule has 0 aliphatic carbocycles. The minimum atomic E-state index is -0.626. The van der Waals surface area contributed by atoms with Gasteiger partial charge in [-0.15, -0.1) is 0 Å². The predicted molar refractivity (Wildman–Crippen MR) is 102 cm³/mol. The van der Waals surface area contributed by atoms with E-state index < -0.39 is 11.9 Å². The predicted octanol–water partition coefficient (Wildman–Crippen LogP) is 3.81. The van der Waals surface area contributed by atoms with Crippen molar-refractivity contribution in [2.45, 2.75) is 13.3 Å². The monoisotopic (exact) mass is 364 g/mol. The number of carbonyl (C=O) groups is 2. The molecule has 0 unspecified atom stereocenters. The summed E-state index contributed by atoms with van der Waals surface area (Å²) in [7, 11) is 1.26. The minimum Gasteiger partial charge on any atom is -0.493 e. The van der Waals surface area contributed by atoms with Crippen molar-refractivity contribution in [2.75, 3.05) is 19.0 Å². The molecular weight excluding hydrogens is 344 g/mol. The van der Waals surface area contributed by atoms with Gasteiger partial charge in [-0.25, -0.2) is 4.79 Å². The smallest absolute Gasteiger partial charge is 0.339 e. The third-order valence-electron chi connectivity index (χ3n) is 3.63. The zero-order valence-electron chi connectivity index (χ0n) is 15.2. The molecule has 1 N–H and O–H groups in total. The van der Waals surface area contributed by atoms with Crippen LogP contribution in [0.15, 0.2) is 54.1 Å². The maximum Gasteiger partial charge on any atom is 0.339 e. The summed E-state index contributed by atoms with van der Waals surface area (Å²) < 4.78 is 10.4. The third-order valence-corrected chi connectivity index (χ3v) is 3.63. The zero-order chi connectivity index (χ0) is 19.6. The molecule has 0 aliphatic rings. The van der Waals surface area contributed by atoms with E-state index in [4.69, 9.17) is 9.47 Å². The fourth-order valence-electron chi connectivity index (χ4n) is 2.32. The number of benzene rings is 2. The SMILES string of the molecule is CCCOc1ccccc1/C=C(\C#N)C(=O)Nc1ccccc1C(=O)OC. The molecule has 0 atom stereocenters. The molecule has 27 heavy (non-hydrogen) atoms. The lowest BCUT2D eigenvalue weighted by molar-refractivity contribution is -0.112. The van der Waals surface area contributed by atoms with Gasteiger partial charge < -0.3 is 14.8 Å².